The number of phenolic OH excluding ortho intramolecular Hbond substituents is 1. The molecule has 12 heavy (non-hydrogen) atoms. The van der Waals surface area contributed by atoms with E-state index < -0.39 is 0 Å². The van der Waals surface area contributed by atoms with Crippen LogP contribution in [0.2, 0.25) is 0 Å². The fraction of sp³-hybridized carbons (Fsp3) is 0.125. The Balaban J connectivity index is 3.37. The Kier molecular flexibility index (Phi) is 2.77. The van der Waals surface area contributed by atoms with Gasteiger partial charge in [-0.1, -0.05) is 17.6 Å². The van der Waals surface area contributed by atoms with E-state index in [1.807, 2.05) is 22.6 Å². The molecule has 0 saturated heterocycles. The number of Topliss-reactive ketones (excluding diaryl/α,β-unsaturated/α-hetero) is 1. The highest BCUT2D eigenvalue weighted by molar-refractivity contribution is 14.1. The number of rotatable bonds is 1. The molecule has 0 aliphatic carbocycles. The van der Waals surface area contributed by atoms with Crippen LogP contribution < -0.4 is 5.46 Å². The second-order valence-electron chi connectivity index (χ2n) is 2.46. The fourth-order valence-electron chi connectivity index (χ4n) is 0.888. The van der Waals surface area contributed by atoms with E-state index in [9.17, 15) is 9.90 Å². The summed E-state index contributed by atoms with van der Waals surface area (Å²) in [4.78, 5) is 11.0. The molecule has 0 bridgehead atoms. The topological polar surface area (TPSA) is 37.3 Å². The zero-order chi connectivity index (χ0) is 9.30. The highest BCUT2D eigenvalue weighted by Gasteiger charge is 2.09. The van der Waals surface area contributed by atoms with Gasteiger partial charge in [0.25, 0.3) is 0 Å². The minimum Gasteiger partial charge on any atom is -0.506 e. The van der Waals surface area contributed by atoms with Gasteiger partial charge in [0.2, 0.25) is 0 Å². The summed E-state index contributed by atoms with van der Waals surface area (Å²) < 4.78 is 0.595. The van der Waals surface area contributed by atoms with E-state index in [0.717, 1.165) is 0 Å². The Labute approximate surface area is 85.5 Å². The lowest BCUT2D eigenvalue weighted by Crippen LogP contribution is -2.07. The molecule has 0 heterocycles. The van der Waals surface area contributed by atoms with Gasteiger partial charge < -0.3 is 5.11 Å². The van der Waals surface area contributed by atoms with Crippen LogP contribution in [0.15, 0.2) is 12.1 Å². The van der Waals surface area contributed by atoms with Crippen molar-refractivity contribution < 1.29 is 9.90 Å². The summed E-state index contributed by atoms with van der Waals surface area (Å²) in [5.74, 6) is -0.171. The van der Waals surface area contributed by atoms with Gasteiger partial charge in [-0.25, -0.2) is 0 Å². The average Bonchev–Trinajstić information content (AvgIpc) is 1.96. The lowest BCUT2D eigenvalue weighted by atomic mass is 9.93. The first-order chi connectivity index (χ1) is 5.52. The van der Waals surface area contributed by atoms with Crippen LogP contribution in [-0.4, -0.2) is 18.7 Å². The molecule has 0 aromatic heterocycles. The first-order valence-electron chi connectivity index (χ1n) is 3.31. The molecule has 0 unspecified atom stereocenters. The Hall–Kier alpha value is -0.515. The van der Waals surface area contributed by atoms with E-state index in [0.29, 0.717) is 9.03 Å². The average molecular weight is 272 g/mol. The molecule has 1 aromatic carbocycles. The van der Waals surface area contributed by atoms with E-state index in [1.165, 1.54) is 13.0 Å². The third-order valence-electron chi connectivity index (χ3n) is 1.47. The van der Waals surface area contributed by atoms with E-state index in [4.69, 9.17) is 7.85 Å². The van der Waals surface area contributed by atoms with Crippen LogP contribution in [-0.2, 0) is 0 Å². The Morgan fingerprint density at radius 2 is 2.17 bits per heavy atom. The van der Waals surface area contributed by atoms with Crippen LogP contribution >= 0.6 is 22.6 Å². The molecule has 0 aliphatic heterocycles. The molecule has 1 rings (SSSR count). The van der Waals surface area contributed by atoms with Gasteiger partial charge in [0.05, 0.1) is 9.13 Å². The minimum absolute atomic E-state index is 0.0114. The predicted molar refractivity (Wildman–Crippen MR) is 56.2 cm³/mol. The fourth-order valence-corrected chi connectivity index (χ4v) is 1.54. The van der Waals surface area contributed by atoms with Crippen LogP contribution in [0.4, 0.5) is 0 Å². The van der Waals surface area contributed by atoms with E-state index in [2.05, 4.69) is 0 Å². The van der Waals surface area contributed by atoms with Gasteiger partial charge in [-0.2, -0.15) is 0 Å². The highest BCUT2D eigenvalue weighted by Crippen LogP contribution is 2.22. The van der Waals surface area contributed by atoms with Gasteiger partial charge in [0.1, 0.15) is 13.6 Å². The maximum Gasteiger partial charge on any atom is 0.163 e. The van der Waals surface area contributed by atoms with Crippen molar-refractivity contribution in [3.63, 3.8) is 0 Å². The van der Waals surface area contributed by atoms with Crippen molar-refractivity contribution in [2.45, 2.75) is 6.92 Å². The number of ketones is 1. The van der Waals surface area contributed by atoms with Crippen LogP contribution in [0.5, 0.6) is 5.75 Å². The summed E-state index contributed by atoms with van der Waals surface area (Å²) in [6.45, 7) is 1.39. The van der Waals surface area contributed by atoms with Crippen molar-refractivity contribution >= 4 is 41.7 Å². The lowest BCUT2D eigenvalue weighted by molar-refractivity contribution is 0.101. The number of carbonyl (C=O) groups is 1. The smallest absolute Gasteiger partial charge is 0.163 e. The van der Waals surface area contributed by atoms with Crippen LogP contribution in [0.3, 0.4) is 0 Å². The number of hydrogen-bond donors (Lipinski definition) is 1. The van der Waals surface area contributed by atoms with Gasteiger partial charge in [-0.15, -0.1) is 0 Å². The van der Waals surface area contributed by atoms with E-state index in [1.54, 1.807) is 6.07 Å². The maximum atomic E-state index is 11.0. The second kappa shape index (κ2) is 3.47. The van der Waals surface area contributed by atoms with Crippen LogP contribution in [0.1, 0.15) is 17.3 Å². The minimum atomic E-state index is -0.183. The van der Waals surface area contributed by atoms with E-state index >= 15 is 0 Å². The first-order valence-corrected chi connectivity index (χ1v) is 4.39. The van der Waals surface area contributed by atoms with Gasteiger partial charge in [-0.3, -0.25) is 4.79 Å². The molecule has 0 fully saturated rings. The molecule has 0 atom stereocenters. The molecule has 0 spiro atoms. The summed E-state index contributed by atoms with van der Waals surface area (Å²) in [6.07, 6.45) is 0. The number of aromatic hydroxyl groups is 1. The van der Waals surface area contributed by atoms with Crippen molar-refractivity contribution in [2.24, 2.45) is 0 Å². The number of phenols is 1. The molecule has 4 heteroatoms. The zero-order valence-corrected chi connectivity index (χ0v) is 8.62. The summed E-state index contributed by atoms with van der Waals surface area (Å²) in [5.41, 5.74) is 0.766. The van der Waals surface area contributed by atoms with Crippen LogP contribution in [0, 0.1) is 3.57 Å². The molecular weight excluding hydrogens is 266 g/mol. The number of halogens is 1. The van der Waals surface area contributed by atoms with E-state index in [-0.39, 0.29) is 17.1 Å². The molecule has 1 N–H and O–H groups in total. The quantitative estimate of drug-likeness (QED) is 0.470. The monoisotopic (exact) mass is 272 g/mol. The number of hydrogen-bond acceptors (Lipinski definition) is 2. The molecule has 0 saturated carbocycles. The SMILES string of the molecule is [B]c1cc(I)c(O)c(C(C)=O)c1. The largest absolute Gasteiger partial charge is 0.506 e. The Morgan fingerprint density at radius 3 is 2.67 bits per heavy atom. The molecule has 2 radical (unpaired) electrons. The summed E-state index contributed by atoms with van der Waals surface area (Å²) >= 11 is 1.93. The number of benzene rings is 1. The first kappa shape index (κ1) is 9.57. The van der Waals surface area contributed by atoms with Gasteiger partial charge >= 0.3 is 0 Å². The molecule has 1 aromatic rings. The highest BCUT2D eigenvalue weighted by atomic mass is 127. The molecule has 0 amide bonds. The summed E-state index contributed by atoms with van der Waals surface area (Å²) in [5, 5.41) is 9.41. The molecule has 2 nitrogen and oxygen atoms in total. The van der Waals surface area contributed by atoms with Gasteiger partial charge in [0, 0.05) is 0 Å². The molecular formula is C8H6BIO2. The third kappa shape index (κ3) is 1.80. The maximum absolute atomic E-state index is 11.0. The Bertz CT molecular complexity index is 336. The van der Waals surface area contributed by atoms with Gasteiger partial charge in [0.15, 0.2) is 5.78 Å². The van der Waals surface area contributed by atoms with Crippen LogP contribution in [0.25, 0.3) is 0 Å². The van der Waals surface area contributed by atoms with Gasteiger partial charge in [-0.05, 0) is 29.5 Å². The van der Waals surface area contributed by atoms with Crippen molar-refractivity contribution in [3.05, 3.63) is 21.3 Å². The lowest BCUT2D eigenvalue weighted by Gasteiger charge is -2.04. The standard InChI is InChI=1S/C8H6BIO2/c1-4(11)6-2-5(9)3-7(10)8(6)12/h2-3,12H,1H3. The summed E-state index contributed by atoms with van der Waals surface area (Å²) in [7, 11) is 5.50. The van der Waals surface area contributed by atoms with Crippen molar-refractivity contribution in [1.29, 1.82) is 0 Å². The second-order valence-corrected chi connectivity index (χ2v) is 3.62. The zero-order valence-electron chi connectivity index (χ0n) is 6.47. The molecule has 0 aliphatic rings. The predicted octanol–water partition coefficient (Wildman–Crippen LogP) is 0.993. The Morgan fingerprint density at radius 1 is 1.58 bits per heavy atom. The van der Waals surface area contributed by atoms with Crippen molar-refractivity contribution in [3.8, 4) is 5.75 Å². The van der Waals surface area contributed by atoms with Crippen molar-refractivity contribution in [2.75, 3.05) is 0 Å². The van der Waals surface area contributed by atoms with Crippen molar-refractivity contribution in [1.82, 2.24) is 0 Å². The molecule has 60 valence electrons. The summed E-state index contributed by atoms with van der Waals surface area (Å²) in [6, 6.07) is 3.09. The number of carbonyl (C=O) groups excluding carboxylic acids is 1. The normalized spacial score (nSPS) is 9.83. The third-order valence-corrected chi connectivity index (χ3v) is 2.29.